The molecule has 0 atom stereocenters. The van der Waals surface area contributed by atoms with E-state index in [1.165, 1.54) is 14.2 Å². The predicted molar refractivity (Wildman–Crippen MR) is 76.1 cm³/mol. The van der Waals surface area contributed by atoms with E-state index in [1.54, 1.807) is 36.5 Å². The fraction of sp³-hybridized carbons (Fsp3) is 0.143. The van der Waals surface area contributed by atoms with E-state index in [1.807, 2.05) is 0 Å². The second kappa shape index (κ2) is 5.92. The lowest BCUT2D eigenvalue weighted by molar-refractivity contribution is 0.102. The summed E-state index contributed by atoms with van der Waals surface area (Å²) >= 11 is 0. The summed E-state index contributed by atoms with van der Waals surface area (Å²) in [6.45, 7) is 0. The van der Waals surface area contributed by atoms with Crippen molar-refractivity contribution < 1.29 is 14.3 Å². The molecule has 6 heteroatoms. The Kier molecular flexibility index (Phi) is 4.05. The van der Waals surface area contributed by atoms with Crippen molar-refractivity contribution in [3.8, 4) is 11.6 Å². The Morgan fingerprint density at radius 1 is 1.25 bits per heavy atom. The molecule has 0 radical (unpaired) electrons. The molecule has 2 aromatic rings. The number of methoxy groups -OCH3 is 2. The maximum atomic E-state index is 12.2. The second-order valence-electron chi connectivity index (χ2n) is 3.97. The van der Waals surface area contributed by atoms with Crippen molar-refractivity contribution in [2.45, 2.75) is 0 Å². The Balaban J connectivity index is 2.21. The summed E-state index contributed by atoms with van der Waals surface area (Å²) in [5, 5.41) is 2.73. The number of nitrogens with zero attached hydrogens (tertiary/aromatic N) is 1. The standard InChI is InChI=1S/C14H15N3O3/c1-19-12-6-5-9(8-11(12)15)17-13(18)10-4-3-7-16-14(10)20-2/h3-8H,15H2,1-2H3,(H,17,18). The molecule has 0 fully saturated rings. The SMILES string of the molecule is COc1ccc(NC(=O)c2cccnc2OC)cc1N. The first-order valence-electron chi connectivity index (χ1n) is 5.89. The Morgan fingerprint density at radius 3 is 2.70 bits per heavy atom. The number of aromatic nitrogens is 1. The summed E-state index contributed by atoms with van der Waals surface area (Å²) in [6, 6.07) is 8.31. The van der Waals surface area contributed by atoms with Gasteiger partial charge in [0.2, 0.25) is 5.88 Å². The van der Waals surface area contributed by atoms with Crippen LogP contribution in [-0.4, -0.2) is 25.1 Å². The number of anilines is 2. The van der Waals surface area contributed by atoms with Crippen LogP contribution in [0.25, 0.3) is 0 Å². The highest BCUT2D eigenvalue weighted by molar-refractivity contribution is 6.06. The lowest BCUT2D eigenvalue weighted by atomic mass is 10.2. The Bertz CT molecular complexity index is 629. The van der Waals surface area contributed by atoms with Gasteiger partial charge >= 0.3 is 0 Å². The van der Waals surface area contributed by atoms with Crippen LogP contribution in [0.3, 0.4) is 0 Å². The molecular formula is C14H15N3O3. The minimum atomic E-state index is -0.320. The summed E-state index contributed by atoms with van der Waals surface area (Å²) in [5.41, 5.74) is 7.16. The van der Waals surface area contributed by atoms with Crippen LogP contribution in [0.2, 0.25) is 0 Å². The van der Waals surface area contributed by atoms with Gasteiger partial charge in [0, 0.05) is 11.9 Å². The van der Waals surface area contributed by atoms with Crippen molar-refractivity contribution >= 4 is 17.3 Å². The molecule has 0 aliphatic carbocycles. The normalized spacial score (nSPS) is 9.90. The van der Waals surface area contributed by atoms with E-state index in [0.29, 0.717) is 22.7 Å². The van der Waals surface area contributed by atoms with Gasteiger partial charge in [-0.2, -0.15) is 0 Å². The molecule has 104 valence electrons. The maximum absolute atomic E-state index is 12.2. The molecule has 0 aliphatic heterocycles. The van der Waals surface area contributed by atoms with Gasteiger partial charge in [0.05, 0.1) is 19.9 Å². The largest absolute Gasteiger partial charge is 0.495 e. The molecule has 1 amide bonds. The Labute approximate surface area is 116 Å². The summed E-state index contributed by atoms with van der Waals surface area (Å²) in [6.07, 6.45) is 1.56. The van der Waals surface area contributed by atoms with Gasteiger partial charge in [0.25, 0.3) is 5.91 Å². The Morgan fingerprint density at radius 2 is 2.05 bits per heavy atom. The van der Waals surface area contributed by atoms with Crippen molar-refractivity contribution in [2.24, 2.45) is 0 Å². The van der Waals surface area contributed by atoms with Crippen LogP contribution in [0.4, 0.5) is 11.4 Å². The van der Waals surface area contributed by atoms with Crippen LogP contribution in [-0.2, 0) is 0 Å². The zero-order chi connectivity index (χ0) is 14.5. The van der Waals surface area contributed by atoms with Crippen LogP contribution < -0.4 is 20.5 Å². The fourth-order valence-electron chi connectivity index (χ4n) is 1.74. The lowest BCUT2D eigenvalue weighted by Crippen LogP contribution is -2.14. The zero-order valence-electron chi connectivity index (χ0n) is 11.2. The molecule has 3 N–H and O–H groups in total. The van der Waals surface area contributed by atoms with E-state index in [2.05, 4.69) is 10.3 Å². The molecule has 0 bridgehead atoms. The van der Waals surface area contributed by atoms with Gasteiger partial charge in [-0.15, -0.1) is 0 Å². The Hall–Kier alpha value is -2.76. The van der Waals surface area contributed by atoms with Gasteiger partial charge < -0.3 is 20.5 Å². The number of nitrogens with two attached hydrogens (primary N) is 1. The van der Waals surface area contributed by atoms with Gasteiger partial charge in [-0.05, 0) is 30.3 Å². The summed E-state index contributed by atoms with van der Waals surface area (Å²) < 4.78 is 10.1. The van der Waals surface area contributed by atoms with E-state index in [-0.39, 0.29) is 11.8 Å². The monoisotopic (exact) mass is 273 g/mol. The molecule has 6 nitrogen and oxygen atoms in total. The predicted octanol–water partition coefficient (Wildman–Crippen LogP) is 1.93. The number of carbonyl (C=O) groups excluding carboxylic acids is 1. The average molecular weight is 273 g/mol. The van der Waals surface area contributed by atoms with Gasteiger partial charge in [0.15, 0.2) is 0 Å². The number of benzene rings is 1. The highest BCUT2D eigenvalue weighted by Crippen LogP contribution is 2.25. The molecule has 0 aliphatic rings. The average Bonchev–Trinajstić information content (AvgIpc) is 2.47. The van der Waals surface area contributed by atoms with Crippen molar-refractivity contribution in [3.63, 3.8) is 0 Å². The number of rotatable bonds is 4. The second-order valence-corrected chi connectivity index (χ2v) is 3.97. The lowest BCUT2D eigenvalue weighted by Gasteiger charge is -2.10. The summed E-state index contributed by atoms with van der Waals surface area (Å²) in [5.74, 6) is 0.507. The molecular weight excluding hydrogens is 258 g/mol. The molecule has 0 spiro atoms. The third-order valence-corrected chi connectivity index (χ3v) is 2.70. The first-order valence-corrected chi connectivity index (χ1v) is 5.89. The summed E-state index contributed by atoms with van der Waals surface area (Å²) in [7, 11) is 2.99. The van der Waals surface area contributed by atoms with Crippen molar-refractivity contribution in [2.75, 3.05) is 25.3 Å². The molecule has 0 saturated carbocycles. The number of pyridine rings is 1. The van der Waals surface area contributed by atoms with Gasteiger partial charge in [-0.25, -0.2) is 4.98 Å². The first-order chi connectivity index (χ1) is 9.65. The van der Waals surface area contributed by atoms with Crippen LogP contribution >= 0.6 is 0 Å². The molecule has 2 rings (SSSR count). The number of nitrogen functional groups attached to an aromatic ring is 1. The highest BCUT2D eigenvalue weighted by Gasteiger charge is 2.13. The van der Waals surface area contributed by atoms with Crippen LogP contribution in [0.5, 0.6) is 11.6 Å². The molecule has 1 heterocycles. The minimum Gasteiger partial charge on any atom is -0.495 e. The topological polar surface area (TPSA) is 86.5 Å². The van der Waals surface area contributed by atoms with Crippen LogP contribution in [0.15, 0.2) is 36.5 Å². The quantitative estimate of drug-likeness (QED) is 0.831. The maximum Gasteiger partial charge on any atom is 0.261 e. The fourth-order valence-corrected chi connectivity index (χ4v) is 1.74. The van der Waals surface area contributed by atoms with Crippen LogP contribution in [0, 0.1) is 0 Å². The van der Waals surface area contributed by atoms with E-state index in [9.17, 15) is 4.79 Å². The molecule has 1 aromatic heterocycles. The zero-order valence-corrected chi connectivity index (χ0v) is 11.2. The summed E-state index contributed by atoms with van der Waals surface area (Å²) in [4.78, 5) is 16.1. The minimum absolute atomic E-state index is 0.270. The number of hydrogen-bond donors (Lipinski definition) is 2. The van der Waals surface area contributed by atoms with E-state index in [4.69, 9.17) is 15.2 Å². The third kappa shape index (κ3) is 2.80. The van der Waals surface area contributed by atoms with Gasteiger partial charge in [-0.3, -0.25) is 4.79 Å². The highest BCUT2D eigenvalue weighted by atomic mass is 16.5. The molecule has 0 saturated heterocycles. The van der Waals surface area contributed by atoms with Crippen molar-refractivity contribution in [1.82, 2.24) is 4.98 Å². The van der Waals surface area contributed by atoms with Gasteiger partial charge in [0.1, 0.15) is 11.3 Å². The number of hydrogen-bond acceptors (Lipinski definition) is 5. The van der Waals surface area contributed by atoms with Crippen molar-refractivity contribution in [1.29, 1.82) is 0 Å². The van der Waals surface area contributed by atoms with Crippen molar-refractivity contribution in [3.05, 3.63) is 42.1 Å². The van der Waals surface area contributed by atoms with E-state index in [0.717, 1.165) is 0 Å². The van der Waals surface area contributed by atoms with E-state index >= 15 is 0 Å². The first kappa shape index (κ1) is 13.7. The number of carbonyl (C=O) groups is 1. The van der Waals surface area contributed by atoms with E-state index < -0.39 is 0 Å². The third-order valence-electron chi connectivity index (χ3n) is 2.70. The molecule has 1 aromatic carbocycles. The van der Waals surface area contributed by atoms with Gasteiger partial charge in [-0.1, -0.05) is 0 Å². The number of nitrogens with one attached hydrogen (secondary N) is 1. The van der Waals surface area contributed by atoms with Crippen LogP contribution in [0.1, 0.15) is 10.4 Å². The smallest absolute Gasteiger partial charge is 0.261 e. The molecule has 0 unspecified atom stereocenters. The number of amides is 1. The number of ether oxygens (including phenoxy) is 2. The molecule has 20 heavy (non-hydrogen) atoms.